The van der Waals surface area contributed by atoms with Gasteiger partial charge in [0.2, 0.25) is 0 Å². The molecule has 0 aliphatic carbocycles. The summed E-state index contributed by atoms with van der Waals surface area (Å²) in [5.74, 6) is 0. The Labute approximate surface area is 130 Å². The molecule has 2 heterocycles. The third-order valence-corrected chi connectivity index (χ3v) is 4.41. The van der Waals surface area contributed by atoms with Gasteiger partial charge in [-0.3, -0.25) is 0 Å². The number of aliphatic hydroxyl groups excluding tert-OH is 8. The SMILES string of the molecule is OC[C@H]1OC([C@]2(O)[C@H](O)[C@@H](CO)O[C@H](O)[C@@H]2O)[C@H](O)[C@@H](O)[C@@H]1O. The summed E-state index contributed by atoms with van der Waals surface area (Å²) in [6.45, 7) is -1.61. The van der Waals surface area contributed by atoms with Crippen LogP contribution in [0.3, 0.4) is 0 Å². The fourth-order valence-electron chi connectivity index (χ4n) is 2.99. The van der Waals surface area contributed by atoms with E-state index in [4.69, 9.17) is 19.7 Å². The molecule has 136 valence electrons. The molecule has 2 aliphatic rings. The first-order valence-corrected chi connectivity index (χ1v) is 7.03. The van der Waals surface area contributed by atoms with Gasteiger partial charge >= 0.3 is 0 Å². The van der Waals surface area contributed by atoms with Gasteiger partial charge in [-0.25, -0.2) is 0 Å². The number of ether oxygens (including phenoxy) is 2. The van der Waals surface area contributed by atoms with E-state index in [1.165, 1.54) is 0 Å². The van der Waals surface area contributed by atoms with Gasteiger partial charge in [0.05, 0.1) is 13.2 Å². The van der Waals surface area contributed by atoms with E-state index in [2.05, 4.69) is 0 Å². The molecule has 0 amide bonds. The van der Waals surface area contributed by atoms with Gasteiger partial charge in [0.15, 0.2) is 11.9 Å². The Morgan fingerprint density at radius 3 is 1.78 bits per heavy atom. The van der Waals surface area contributed by atoms with E-state index in [-0.39, 0.29) is 0 Å². The third-order valence-electron chi connectivity index (χ3n) is 4.41. The summed E-state index contributed by atoms with van der Waals surface area (Å²) < 4.78 is 9.86. The highest BCUT2D eigenvalue weighted by Crippen LogP contribution is 2.38. The zero-order valence-electron chi connectivity index (χ0n) is 12.0. The second-order valence-electron chi connectivity index (χ2n) is 5.77. The molecule has 23 heavy (non-hydrogen) atoms. The van der Waals surface area contributed by atoms with Crippen molar-refractivity contribution in [3.05, 3.63) is 0 Å². The van der Waals surface area contributed by atoms with Gasteiger partial charge in [0.25, 0.3) is 0 Å². The molecule has 11 nitrogen and oxygen atoms in total. The first kappa shape index (κ1) is 18.9. The zero-order valence-corrected chi connectivity index (χ0v) is 12.0. The first-order valence-electron chi connectivity index (χ1n) is 7.03. The second kappa shape index (κ2) is 6.82. The monoisotopic (exact) mass is 342 g/mol. The Bertz CT molecular complexity index is 406. The predicted molar refractivity (Wildman–Crippen MR) is 68.7 cm³/mol. The molecule has 2 rings (SSSR count). The Kier molecular flexibility index (Phi) is 5.60. The molecule has 0 saturated carbocycles. The van der Waals surface area contributed by atoms with Crippen LogP contribution >= 0.6 is 0 Å². The molecule has 9 N–H and O–H groups in total. The fourth-order valence-corrected chi connectivity index (χ4v) is 2.99. The summed E-state index contributed by atoms with van der Waals surface area (Å²) in [5, 5.41) is 88.3. The summed E-state index contributed by atoms with van der Waals surface area (Å²) in [5.41, 5.74) is -2.75. The topological polar surface area (TPSA) is 201 Å². The summed E-state index contributed by atoms with van der Waals surface area (Å²) in [4.78, 5) is 0. The van der Waals surface area contributed by atoms with Crippen molar-refractivity contribution in [3.8, 4) is 0 Å². The number of rotatable bonds is 3. The van der Waals surface area contributed by atoms with Gasteiger partial charge in [-0.2, -0.15) is 0 Å². The molecule has 0 aromatic carbocycles. The van der Waals surface area contributed by atoms with Gasteiger partial charge in [-0.05, 0) is 0 Å². The lowest BCUT2D eigenvalue weighted by atomic mass is 9.74. The number of hydrogen-bond acceptors (Lipinski definition) is 11. The number of hydrogen-bond donors (Lipinski definition) is 9. The van der Waals surface area contributed by atoms with Crippen molar-refractivity contribution in [1.29, 1.82) is 0 Å². The van der Waals surface area contributed by atoms with Gasteiger partial charge in [-0.1, -0.05) is 0 Å². The standard InChI is InChI=1S/C12H22O11/c13-1-3-5(15)6(16)7(17)10(22-3)12(21)8(18)4(2-14)23-11(20)9(12)19/h3-11,13-21H,1-2H2/t3-,4-,5-,6+,7-,8-,9+,10?,11+,12+/m1/s1. The van der Waals surface area contributed by atoms with Crippen LogP contribution in [0.4, 0.5) is 0 Å². The van der Waals surface area contributed by atoms with Crippen LogP contribution in [0.15, 0.2) is 0 Å². The van der Waals surface area contributed by atoms with Gasteiger partial charge < -0.3 is 55.4 Å². The van der Waals surface area contributed by atoms with E-state index in [9.17, 15) is 35.7 Å². The second-order valence-corrected chi connectivity index (χ2v) is 5.77. The summed E-state index contributed by atoms with van der Waals surface area (Å²) in [6.07, 6.45) is -16.5. The maximum Gasteiger partial charge on any atom is 0.184 e. The average Bonchev–Trinajstić information content (AvgIpc) is 2.54. The van der Waals surface area contributed by atoms with Crippen molar-refractivity contribution >= 4 is 0 Å². The molecule has 0 radical (unpaired) electrons. The largest absolute Gasteiger partial charge is 0.394 e. The van der Waals surface area contributed by atoms with Crippen molar-refractivity contribution in [2.45, 2.75) is 60.7 Å². The Morgan fingerprint density at radius 1 is 0.696 bits per heavy atom. The minimum atomic E-state index is -2.75. The Balaban J connectivity index is 2.38. The highest BCUT2D eigenvalue weighted by molar-refractivity contribution is 5.11. The van der Waals surface area contributed by atoms with Gasteiger partial charge in [0.1, 0.15) is 48.8 Å². The van der Waals surface area contributed by atoms with E-state index in [0.29, 0.717) is 0 Å². The molecule has 10 atom stereocenters. The molecule has 11 heteroatoms. The van der Waals surface area contributed by atoms with Crippen LogP contribution in [0.5, 0.6) is 0 Å². The Morgan fingerprint density at radius 2 is 1.26 bits per heavy atom. The van der Waals surface area contributed by atoms with E-state index in [0.717, 1.165) is 0 Å². The summed E-state index contributed by atoms with van der Waals surface area (Å²) in [6, 6.07) is 0. The normalized spacial score (nSPS) is 54.9. The minimum Gasteiger partial charge on any atom is -0.394 e. The van der Waals surface area contributed by atoms with Crippen LogP contribution in [0.1, 0.15) is 0 Å². The lowest BCUT2D eigenvalue weighted by Gasteiger charge is -2.53. The van der Waals surface area contributed by atoms with Gasteiger partial charge in [0, 0.05) is 0 Å². The fraction of sp³-hybridized carbons (Fsp3) is 1.00. The van der Waals surface area contributed by atoms with Crippen molar-refractivity contribution in [2.24, 2.45) is 0 Å². The number of aliphatic hydroxyl groups is 9. The predicted octanol–water partition coefficient (Wildman–Crippen LogP) is -6.01. The highest BCUT2D eigenvalue weighted by atomic mass is 16.6. The maximum absolute atomic E-state index is 10.7. The molecule has 2 saturated heterocycles. The molecule has 0 bridgehead atoms. The highest BCUT2D eigenvalue weighted by Gasteiger charge is 2.64. The van der Waals surface area contributed by atoms with Crippen LogP contribution in [-0.4, -0.2) is 120 Å². The van der Waals surface area contributed by atoms with Crippen molar-refractivity contribution in [1.82, 2.24) is 0 Å². The van der Waals surface area contributed by atoms with Crippen LogP contribution in [0.25, 0.3) is 0 Å². The zero-order chi connectivity index (χ0) is 17.5. The van der Waals surface area contributed by atoms with Crippen molar-refractivity contribution in [2.75, 3.05) is 13.2 Å². The lowest BCUT2D eigenvalue weighted by Crippen LogP contribution is -2.77. The maximum atomic E-state index is 10.7. The molecule has 0 spiro atoms. The third kappa shape index (κ3) is 2.88. The first-order chi connectivity index (χ1) is 10.7. The molecule has 1 unspecified atom stereocenters. The Hall–Kier alpha value is -0.440. The van der Waals surface area contributed by atoms with Crippen LogP contribution in [0, 0.1) is 0 Å². The van der Waals surface area contributed by atoms with Crippen molar-refractivity contribution < 1.29 is 55.4 Å². The van der Waals surface area contributed by atoms with Crippen LogP contribution in [0.2, 0.25) is 0 Å². The quantitative estimate of drug-likeness (QED) is 0.236. The van der Waals surface area contributed by atoms with E-state index >= 15 is 0 Å². The smallest absolute Gasteiger partial charge is 0.184 e. The molecule has 2 aliphatic heterocycles. The summed E-state index contributed by atoms with van der Waals surface area (Å²) in [7, 11) is 0. The molecular weight excluding hydrogens is 320 g/mol. The van der Waals surface area contributed by atoms with Crippen LogP contribution in [-0.2, 0) is 9.47 Å². The average molecular weight is 342 g/mol. The van der Waals surface area contributed by atoms with E-state index in [1.54, 1.807) is 0 Å². The van der Waals surface area contributed by atoms with E-state index in [1.807, 2.05) is 0 Å². The van der Waals surface area contributed by atoms with Crippen LogP contribution < -0.4 is 0 Å². The molecular formula is C12H22O11. The minimum absolute atomic E-state index is 0.786. The van der Waals surface area contributed by atoms with Gasteiger partial charge in [-0.15, -0.1) is 0 Å². The molecule has 0 aromatic heterocycles. The molecule has 2 fully saturated rings. The van der Waals surface area contributed by atoms with E-state index < -0.39 is 73.9 Å². The lowest BCUT2D eigenvalue weighted by molar-refractivity contribution is -0.368. The van der Waals surface area contributed by atoms with Crippen molar-refractivity contribution in [3.63, 3.8) is 0 Å². The summed E-state index contributed by atoms with van der Waals surface area (Å²) >= 11 is 0. The molecule has 0 aromatic rings.